The third kappa shape index (κ3) is 2.84. The van der Waals surface area contributed by atoms with Crippen molar-refractivity contribution in [2.75, 3.05) is 7.11 Å². The van der Waals surface area contributed by atoms with E-state index in [4.69, 9.17) is 4.74 Å². The number of hydrogen-bond donors (Lipinski definition) is 0. The van der Waals surface area contributed by atoms with Gasteiger partial charge in [0.2, 0.25) is 0 Å². The summed E-state index contributed by atoms with van der Waals surface area (Å²) in [5.41, 5.74) is 4.08. The van der Waals surface area contributed by atoms with Crippen molar-refractivity contribution in [3.8, 4) is 0 Å². The summed E-state index contributed by atoms with van der Waals surface area (Å²) in [4.78, 5) is 0. The molecule has 1 heteroatoms. The molecule has 1 aromatic carbocycles. The van der Waals surface area contributed by atoms with Crippen LogP contribution in [0.2, 0.25) is 0 Å². The molecule has 18 heavy (non-hydrogen) atoms. The average molecular weight is 241 g/mol. The second-order valence-electron chi connectivity index (χ2n) is 5.68. The topological polar surface area (TPSA) is 9.23 Å². The Balaban J connectivity index is 2.25. The number of allylic oxidation sites excluding steroid dienone is 3. The summed E-state index contributed by atoms with van der Waals surface area (Å²) in [7, 11) is 1.72. The van der Waals surface area contributed by atoms with E-state index in [1.165, 1.54) is 16.7 Å². The smallest absolute Gasteiger partial charge is 0.115 e. The molecule has 0 N–H and O–H groups in total. The molecule has 1 nitrogen and oxygen atoms in total. The van der Waals surface area contributed by atoms with Gasteiger partial charge in [-0.15, -0.1) is 0 Å². The van der Waals surface area contributed by atoms with Gasteiger partial charge in [0.15, 0.2) is 0 Å². The fraction of sp³-hybridized carbons (Fsp3) is 0.353. The molecular weight excluding hydrogens is 220 g/mol. The molecule has 95 valence electrons. The largest absolute Gasteiger partial charge is 0.497 e. The standard InChI is InChI=1S/C17H21O/c1-17(2,3)15-10-8-13(9-11-15)14-6-5-7-16(12-14)18-4/h6-12H,5H2,1-4H3. The van der Waals surface area contributed by atoms with Crippen LogP contribution < -0.4 is 0 Å². The molecule has 0 aliphatic heterocycles. The van der Waals surface area contributed by atoms with Gasteiger partial charge in [-0.25, -0.2) is 0 Å². The number of benzene rings is 1. The molecule has 0 saturated heterocycles. The maximum atomic E-state index is 5.29. The molecule has 0 saturated carbocycles. The first-order valence-electron chi connectivity index (χ1n) is 6.40. The SMILES string of the molecule is COC1=CC[CH]C(c2ccc(C(C)(C)C)cc2)=C1. The minimum absolute atomic E-state index is 0.209. The van der Waals surface area contributed by atoms with E-state index in [1.807, 2.05) is 0 Å². The minimum atomic E-state index is 0.209. The fourth-order valence-electron chi connectivity index (χ4n) is 2.08. The molecule has 0 unspecified atom stereocenters. The molecule has 0 spiro atoms. The quantitative estimate of drug-likeness (QED) is 0.740. The molecule has 0 atom stereocenters. The van der Waals surface area contributed by atoms with E-state index in [0.717, 1.165) is 12.2 Å². The third-order valence-electron chi connectivity index (χ3n) is 3.27. The van der Waals surface area contributed by atoms with E-state index in [9.17, 15) is 0 Å². The Labute approximate surface area is 110 Å². The average Bonchev–Trinajstić information content (AvgIpc) is 2.38. The summed E-state index contributed by atoms with van der Waals surface area (Å²) in [5, 5.41) is 0. The molecule has 1 aromatic rings. The highest BCUT2D eigenvalue weighted by Crippen LogP contribution is 2.28. The summed E-state index contributed by atoms with van der Waals surface area (Å²) in [6.07, 6.45) is 7.35. The zero-order chi connectivity index (χ0) is 13.2. The Morgan fingerprint density at radius 1 is 1.06 bits per heavy atom. The van der Waals surface area contributed by atoms with Crippen molar-refractivity contribution in [2.24, 2.45) is 0 Å². The van der Waals surface area contributed by atoms with Crippen molar-refractivity contribution in [1.29, 1.82) is 0 Å². The van der Waals surface area contributed by atoms with Gasteiger partial charge in [-0.3, -0.25) is 0 Å². The Bertz CT molecular complexity index is 469. The van der Waals surface area contributed by atoms with Crippen LogP contribution in [0, 0.1) is 6.42 Å². The zero-order valence-corrected chi connectivity index (χ0v) is 11.7. The zero-order valence-electron chi connectivity index (χ0n) is 11.7. The molecule has 0 fully saturated rings. The Morgan fingerprint density at radius 2 is 1.72 bits per heavy atom. The van der Waals surface area contributed by atoms with Crippen molar-refractivity contribution in [3.05, 3.63) is 59.7 Å². The van der Waals surface area contributed by atoms with Crippen LogP contribution in [0.1, 0.15) is 38.3 Å². The molecule has 0 aromatic heterocycles. The molecule has 0 amide bonds. The maximum Gasteiger partial charge on any atom is 0.115 e. The third-order valence-corrected chi connectivity index (χ3v) is 3.27. The molecule has 2 rings (SSSR count). The second kappa shape index (κ2) is 5.01. The number of rotatable bonds is 2. The highest BCUT2D eigenvalue weighted by atomic mass is 16.5. The lowest BCUT2D eigenvalue weighted by molar-refractivity contribution is 0.305. The van der Waals surface area contributed by atoms with Crippen molar-refractivity contribution >= 4 is 5.57 Å². The fourth-order valence-corrected chi connectivity index (χ4v) is 2.08. The summed E-state index contributed by atoms with van der Waals surface area (Å²) in [6, 6.07) is 8.83. The lowest BCUT2D eigenvalue weighted by Gasteiger charge is -2.20. The van der Waals surface area contributed by atoms with Gasteiger partial charge in [0, 0.05) is 0 Å². The van der Waals surface area contributed by atoms with Crippen LogP contribution in [0.3, 0.4) is 0 Å². The highest BCUT2D eigenvalue weighted by Gasteiger charge is 2.14. The number of ether oxygens (including phenoxy) is 1. The van der Waals surface area contributed by atoms with Crippen LogP contribution >= 0.6 is 0 Å². The first-order chi connectivity index (χ1) is 8.50. The van der Waals surface area contributed by atoms with E-state index in [0.29, 0.717) is 0 Å². The Hall–Kier alpha value is -1.50. The van der Waals surface area contributed by atoms with Crippen molar-refractivity contribution in [2.45, 2.75) is 32.6 Å². The van der Waals surface area contributed by atoms with E-state index < -0.39 is 0 Å². The Kier molecular flexibility index (Phi) is 3.60. The van der Waals surface area contributed by atoms with Crippen LogP contribution in [0.4, 0.5) is 0 Å². The van der Waals surface area contributed by atoms with Crippen LogP contribution in [-0.2, 0) is 10.2 Å². The van der Waals surface area contributed by atoms with Gasteiger partial charge < -0.3 is 4.74 Å². The number of methoxy groups -OCH3 is 1. The van der Waals surface area contributed by atoms with Gasteiger partial charge in [-0.2, -0.15) is 0 Å². The summed E-state index contributed by atoms with van der Waals surface area (Å²) in [6.45, 7) is 6.71. The first kappa shape index (κ1) is 12.9. The van der Waals surface area contributed by atoms with E-state index in [-0.39, 0.29) is 5.41 Å². The first-order valence-corrected chi connectivity index (χ1v) is 6.40. The van der Waals surface area contributed by atoms with Crippen LogP contribution in [0.25, 0.3) is 5.57 Å². The van der Waals surface area contributed by atoms with E-state index in [2.05, 4.69) is 63.6 Å². The summed E-state index contributed by atoms with van der Waals surface area (Å²) >= 11 is 0. The van der Waals surface area contributed by atoms with Crippen molar-refractivity contribution < 1.29 is 4.74 Å². The van der Waals surface area contributed by atoms with Gasteiger partial charge in [-0.05, 0) is 47.1 Å². The van der Waals surface area contributed by atoms with Crippen LogP contribution in [0.15, 0.2) is 42.2 Å². The van der Waals surface area contributed by atoms with Crippen molar-refractivity contribution in [1.82, 2.24) is 0 Å². The summed E-state index contributed by atoms with van der Waals surface area (Å²) in [5.74, 6) is 0.951. The lowest BCUT2D eigenvalue weighted by atomic mass is 9.85. The van der Waals surface area contributed by atoms with Gasteiger partial charge in [0.1, 0.15) is 5.76 Å². The highest BCUT2D eigenvalue weighted by molar-refractivity contribution is 5.75. The summed E-state index contributed by atoms with van der Waals surface area (Å²) < 4.78 is 5.29. The van der Waals surface area contributed by atoms with Gasteiger partial charge in [0.05, 0.1) is 7.11 Å². The predicted molar refractivity (Wildman–Crippen MR) is 77.1 cm³/mol. The van der Waals surface area contributed by atoms with Gasteiger partial charge >= 0.3 is 0 Å². The van der Waals surface area contributed by atoms with Crippen LogP contribution in [0.5, 0.6) is 0 Å². The Morgan fingerprint density at radius 3 is 2.28 bits per heavy atom. The molecule has 0 heterocycles. The minimum Gasteiger partial charge on any atom is -0.497 e. The van der Waals surface area contributed by atoms with Gasteiger partial charge in [-0.1, -0.05) is 45.0 Å². The molecule has 1 radical (unpaired) electrons. The molecule has 1 aliphatic carbocycles. The molecular formula is C17H21O. The number of hydrogen-bond acceptors (Lipinski definition) is 1. The lowest BCUT2D eigenvalue weighted by Crippen LogP contribution is -2.10. The second-order valence-corrected chi connectivity index (χ2v) is 5.68. The predicted octanol–water partition coefficient (Wildman–Crippen LogP) is 4.51. The maximum absolute atomic E-state index is 5.29. The van der Waals surface area contributed by atoms with Crippen LogP contribution in [-0.4, -0.2) is 7.11 Å². The van der Waals surface area contributed by atoms with Crippen molar-refractivity contribution in [3.63, 3.8) is 0 Å². The monoisotopic (exact) mass is 241 g/mol. The van der Waals surface area contributed by atoms with E-state index >= 15 is 0 Å². The normalized spacial score (nSPS) is 16.0. The van der Waals surface area contributed by atoms with E-state index in [1.54, 1.807) is 7.11 Å². The molecule has 0 bridgehead atoms. The van der Waals surface area contributed by atoms with Gasteiger partial charge in [0.25, 0.3) is 0 Å². The molecule has 1 aliphatic rings.